The molecule has 0 fully saturated rings. The Morgan fingerprint density at radius 1 is 1.04 bits per heavy atom. The van der Waals surface area contributed by atoms with Crippen molar-refractivity contribution in [3.63, 3.8) is 0 Å². The summed E-state index contributed by atoms with van der Waals surface area (Å²) in [6.45, 7) is 4.81. The van der Waals surface area contributed by atoms with Crippen LogP contribution in [-0.2, 0) is 0 Å². The van der Waals surface area contributed by atoms with Crippen LogP contribution in [0.15, 0.2) is 48.5 Å². The molecule has 2 aromatic rings. The quantitative estimate of drug-likeness (QED) is 0.618. The van der Waals surface area contributed by atoms with Crippen molar-refractivity contribution < 1.29 is 19.4 Å². The molecule has 120 valence electrons. The Hall–Kier alpha value is -2.75. The third-order valence-electron chi connectivity index (χ3n) is 3.16. The van der Waals surface area contributed by atoms with Crippen molar-refractivity contribution in [2.45, 2.75) is 13.8 Å². The van der Waals surface area contributed by atoms with Crippen LogP contribution in [0.25, 0.3) is 6.08 Å². The van der Waals surface area contributed by atoms with Crippen LogP contribution < -0.4 is 9.47 Å². The van der Waals surface area contributed by atoms with Crippen molar-refractivity contribution in [2.24, 2.45) is 0 Å². The van der Waals surface area contributed by atoms with Crippen molar-refractivity contribution in [1.29, 1.82) is 0 Å². The van der Waals surface area contributed by atoms with E-state index in [-0.39, 0.29) is 11.5 Å². The zero-order chi connectivity index (χ0) is 16.7. The van der Waals surface area contributed by atoms with E-state index in [9.17, 15) is 9.90 Å². The minimum Gasteiger partial charge on any atom is -0.504 e. The number of hydrogen-bond donors (Lipinski definition) is 1. The minimum atomic E-state index is -0.0981. The van der Waals surface area contributed by atoms with Gasteiger partial charge < -0.3 is 14.6 Å². The molecule has 1 N–H and O–H groups in total. The highest BCUT2D eigenvalue weighted by atomic mass is 16.5. The van der Waals surface area contributed by atoms with Gasteiger partial charge >= 0.3 is 0 Å². The Balaban J connectivity index is 2.09. The van der Waals surface area contributed by atoms with E-state index in [1.54, 1.807) is 48.5 Å². The number of carbonyl (C=O) groups excluding carboxylic acids is 1. The molecule has 0 aliphatic rings. The zero-order valence-electron chi connectivity index (χ0n) is 13.3. The summed E-state index contributed by atoms with van der Waals surface area (Å²) in [5, 5.41) is 9.66. The number of phenols is 1. The van der Waals surface area contributed by atoms with Crippen molar-refractivity contribution >= 4 is 11.9 Å². The molecule has 0 saturated carbocycles. The van der Waals surface area contributed by atoms with Gasteiger partial charge in [0, 0.05) is 5.56 Å². The number of rotatable bonds is 7. The Labute approximate surface area is 136 Å². The first-order chi connectivity index (χ1) is 11.1. The molecule has 4 heteroatoms. The van der Waals surface area contributed by atoms with E-state index >= 15 is 0 Å². The fourth-order valence-electron chi connectivity index (χ4n) is 2.06. The molecule has 2 aromatic carbocycles. The highest BCUT2D eigenvalue weighted by Crippen LogP contribution is 2.27. The van der Waals surface area contributed by atoms with Gasteiger partial charge in [-0.1, -0.05) is 12.1 Å². The molecule has 0 amide bonds. The van der Waals surface area contributed by atoms with Crippen molar-refractivity contribution in [3.8, 4) is 17.2 Å². The smallest absolute Gasteiger partial charge is 0.185 e. The van der Waals surface area contributed by atoms with Gasteiger partial charge in [-0.3, -0.25) is 4.79 Å². The number of allylic oxidation sites excluding steroid dienone is 1. The topological polar surface area (TPSA) is 55.8 Å². The fraction of sp³-hybridized carbons (Fsp3) is 0.211. The van der Waals surface area contributed by atoms with Gasteiger partial charge in [0.05, 0.1) is 13.2 Å². The largest absolute Gasteiger partial charge is 0.504 e. The summed E-state index contributed by atoms with van der Waals surface area (Å²) < 4.78 is 10.7. The predicted octanol–water partition coefficient (Wildman–Crippen LogP) is 4.09. The lowest BCUT2D eigenvalue weighted by atomic mass is 10.1. The SMILES string of the molecule is CCOc1ccc(C(=O)/C=C/c2ccc(O)c(OCC)c2)cc1. The molecular weight excluding hydrogens is 292 g/mol. The van der Waals surface area contributed by atoms with Crippen LogP contribution >= 0.6 is 0 Å². The van der Waals surface area contributed by atoms with Gasteiger partial charge in [-0.2, -0.15) is 0 Å². The minimum absolute atomic E-state index is 0.0850. The van der Waals surface area contributed by atoms with E-state index in [0.717, 1.165) is 11.3 Å². The second-order valence-electron chi connectivity index (χ2n) is 4.82. The monoisotopic (exact) mass is 312 g/mol. The molecule has 4 nitrogen and oxygen atoms in total. The third kappa shape index (κ3) is 4.61. The summed E-state index contributed by atoms with van der Waals surface area (Å²) in [4.78, 5) is 12.2. The van der Waals surface area contributed by atoms with Gasteiger partial charge in [0.15, 0.2) is 17.3 Å². The number of carbonyl (C=O) groups is 1. The molecule has 0 bridgehead atoms. The second kappa shape index (κ2) is 8.03. The lowest BCUT2D eigenvalue weighted by Gasteiger charge is -2.06. The Morgan fingerprint density at radius 3 is 2.39 bits per heavy atom. The first-order valence-electron chi connectivity index (χ1n) is 7.55. The van der Waals surface area contributed by atoms with Gasteiger partial charge in [0.25, 0.3) is 0 Å². The fourth-order valence-corrected chi connectivity index (χ4v) is 2.06. The second-order valence-corrected chi connectivity index (χ2v) is 4.82. The molecule has 0 aromatic heterocycles. The Morgan fingerprint density at radius 2 is 1.74 bits per heavy atom. The van der Waals surface area contributed by atoms with Crippen LogP contribution in [0.3, 0.4) is 0 Å². The van der Waals surface area contributed by atoms with Crippen LogP contribution in [0.4, 0.5) is 0 Å². The van der Waals surface area contributed by atoms with Gasteiger partial charge in [0.1, 0.15) is 5.75 Å². The maximum atomic E-state index is 12.2. The number of benzene rings is 2. The maximum Gasteiger partial charge on any atom is 0.185 e. The van der Waals surface area contributed by atoms with Crippen molar-refractivity contribution in [1.82, 2.24) is 0 Å². The molecule has 0 saturated heterocycles. The summed E-state index contributed by atoms with van der Waals surface area (Å²) in [5.74, 6) is 1.14. The normalized spacial score (nSPS) is 10.7. The molecule has 23 heavy (non-hydrogen) atoms. The molecular formula is C19H20O4. The number of ether oxygens (including phenoxy) is 2. The average molecular weight is 312 g/mol. The number of aromatic hydroxyl groups is 1. The summed E-state index contributed by atoms with van der Waals surface area (Å²) in [6, 6.07) is 12.0. The molecule has 0 aliphatic heterocycles. The van der Waals surface area contributed by atoms with E-state index in [1.807, 2.05) is 13.8 Å². The number of hydrogen-bond acceptors (Lipinski definition) is 4. The van der Waals surface area contributed by atoms with E-state index in [2.05, 4.69) is 0 Å². The predicted molar refractivity (Wildman–Crippen MR) is 90.3 cm³/mol. The Kier molecular flexibility index (Phi) is 5.80. The highest BCUT2D eigenvalue weighted by molar-refractivity contribution is 6.06. The van der Waals surface area contributed by atoms with Crippen LogP contribution in [0.5, 0.6) is 17.2 Å². The van der Waals surface area contributed by atoms with Crippen LogP contribution in [0.1, 0.15) is 29.8 Å². The summed E-state index contributed by atoms with van der Waals surface area (Å²) in [7, 11) is 0. The lowest BCUT2D eigenvalue weighted by Crippen LogP contribution is -1.96. The first-order valence-corrected chi connectivity index (χ1v) is 7.55. The van der Waals surface area contributed by atoms with E-state index in [0.29, 0.717) is 24.5 Å². The number of phenolic OH excluding ortho intramolecular Hbond substituents is 1. The van der Waals surface area contributed by atoms with Crippen molar-refractivity contribution in [3.05, 3.63) is 59.7 Å². The molecule has 2 rings (SSSR count). The first kappa shape index (κ1) is 16.6. The number of ketones is 1. The third-order valence-corrected chi connectivity index (χ3v) is 3.16. The zero-order valence-corrected chi connectivity index (χ0v) is 13.3. The molecule has 0 heterocycles. The maximum absolute atomic E-state index is 12.2. The highest BCUT2D eigenvalue weighted by Gasteiger charge is 2.04. The van der Waals surface area contributed by atoms with Crippen molar-refractivity contribution in [2.75, 3.05) is 13.2 Å². The van der Waals surface area contributed by atoms with E-state index in [1.165, 1.54) is 6.08 Å². The van der Waals surface area contributed by atoms with Crippen LogP contribution in [0, 0.1) is 0 Å². The lowest BCUT2D eigenvalue weighted by molar-refractivity contribution is 0.104. The van der Waals surface area contributed by atoms with Gasteiger partial charge in [-0.25, -0.2) is 0 Å². The Bertz CT molecular complexity index is 687. The molecule has 0 radical (unpaired) electrons. The van der Waals surface area contributed by atoms with Gasteiger partial charge in [0.2, 0.25) is 0 Å². The van der Waals surface area contributed by atoms with Gasteiger partial charge in [-0.15, -0.1) is 0 Å². The molecule has 0 spiro atoms. The van der Waals surface area contributed by atoms with Gasteiger partial charge in [-0.05, 0) is 61.9 Å². The molecule has 0 unspecified atom stereocenters. The van der Waals surface area contributed by atoms with Crippen LogP contribution in [-0.4, -0.2) is 24.1 Å². The van der Waals surface area contributed by atoms with E-state index in [4.69, 9.17) is 9.47 Å². The summed E-state index contributed by atoms with van der Waals surface area (Å²) in [6.07, 6.45) is 3.19. The van der Waals surface area contributed by atoms with E-state index < -0.39 is 0 Å². The van der Waals surface area contributed by atoms with Crippen LogP contribution in [0.2, 0.25) is 0 Å². The average Bonchev–Trinajstić information content (AvgIpc) is 2.56. The molecule has 0 aliphatic carbocycles. The summed E-state index contributed by atoms with van der Waals surface area (Å²) in [5.41, 5.74) is 1.37. The molecule has 0 atom stereocenters. The standard InChI is InChI=1S/C19H20O4/c1-3-22-16-9-7-15(8-10-16)17(20)11-5-14-6-12-18(21)19(13-14)23-4-2/h5-13,21H,3-4H2,1-2H3/b11-5+. The summed E-state index contributed by atoms with van der Waals surface area (Å²) >= 11 is 0.